The lowest BCUT2D eigenvalue weighted by molar-refractivity contribution is 0.620. The van der Waals surface area contributed by atoms with Gasteiger partial charge in [0.1, 0.15) is 0 Å². The van der Waals surface area contributed by atoms with Crippen LogP contribution >= 0.6 is 0 Å². The first-order valence-electron chi connectivity index (χ1n) is 7.32. The van der Waals surface area contributed by atoms with Gasteiger partial charge in [-0.25, -0.2) is 0 Å². The van der Waals surface area contributed by atoms with Crippen molar-refractivity contribution in [3.63, 3.8) is 0 Å². The van der Waals surface area contributed by atoms with E-state index >= 15 is 0 Å². The Bertz CT molecular complexity index is 350. The summed E-state index contributed by atoms with van der Waals surface area (Å²) >= 11 is 0. The fourth-order valence-corrected chi connectivity index (χ4v) is 3.06. The van der Waals surface area contributed by atoms with E-state index in [0.29, 0.717) is 0 Å². The Labute approximate surface area is 111 Å². The molecule has 0 radical (unpaired) electrons. The molecule has 0 bridgehead atoms. The molecular formula is C16H26N2. The zero-order valence-corrected chi connectivity index (χ0v) is 11.7. The van der Waals surface area contributed by atoms with Crippen LogP contribution in [0.25, 0.3) is 0 Å². The molecule has 18 heavy (non-hydrogen) atoms. The Kier molecular flexibility index (Phi) is 4.65. The Morgan fingerprint density at radius 2 is 1.83 bits per heavy atom. The van der Waals surface area contributed by atoms with Crippen molar-refractivity contribution >= 4 is 5.69 Å². The summed E-state index contributed by atoms with van der Waals surface area (Å²) in [5.41, 5.74) is 8.55. The molecule has 1 saturated carbocycles. The van der Waals surface area contributed by atoms with Gasteiger partial charge in [0.25, 0.3) is 0 Å². The van der Waals surface area contributed by atoms with Gasteiger partial charge in [0.15, 0.2) is 0 Å². The Balaban J connectivity index is 2.06. The van der Waals surface area contributed by atoms with Gasteiger partial charge in [-0.05, 0) is 50.8 Å². The van der Waals surface area contributed by atoms with Crippen molar-refractivity contribution in [1.82, 2.24) is 0 Å². The third-order valence-corrected chi connectivity index (χ3v) is 3.93. The number of benzene rings is 1. The van der Waals surface area contributed by atoms with Crippen LogP contribution in [0.15, 0.2) is 24.3 Å². The number of hydrogen-bond acceptors (Lipinski definition) is 2. The summed E-state index contributed by atoms with van der Waals surface area (Å²) in [7, 11) is 0. The van der Waals surface area contributed by atoms with Crippen molar-refractivity contribution < 1.29 is 0 Å². The van der Waals surface area contributed by atoms with Crippen LogP contribution in [0.1, 0.15) is 45.1 Å². The highest BCUT2D eigenvalue weighted by molar-refractivity contribution is 5.48. The zero-order chi connectivity index (χ0) is 13.0. The summed E-state index contributed by atoms with van der Waals surface area (Å²) in [6, 6.07) is 9.99. The van der Waals surface area contributed by atoms with Crippen molar-refractivity contribution in [3.05, 3.63) is 29.8 Å². The molecule has 0 aliphatic heterocycles. The zero-order valence-electron chi connectivity index (χ0n) is 11.7. The van der Waals surface area contributed by atoms with Crippen molar-refractivity contribution in [3.8, 4) is 0 Å². The van der Waals surface area contributed by atoms with Crippen LogP contribution in [0, 0.1) is 0 Å². The number of nitrogens with zero attached hydrogens (tertiary/aromatic N) is 1. The molecule has 1 atom stereocenters. The van der Waals surface area contributed by atoms with E-state index in [9.17, 15) is 0 Å². The Morgan fingerprint density at radius 3 is 2.33 bits per heavy atom. The molecule has 2 nitrogen and oxygen atoms in total. The van der Waals surface area contributed by atoms with Crippen molar-refractivity contribution in [2.75, 3.05) is 11.4 Å². The van der Waals surface area contributed by atoms with Gasteiger partial charge in [0.05, 0.1) is 0 Å². The number of hydrogen-bond donors (Lipinski definition) is 1. The van der Waals surface area contributed by atoms with Gasteiger partial charge in [-0.3, -0.25) is 0 Å². The first-order chi connectivity index (χ1) is 8.70. The molecule has 1 aromatic carbocycles. The molecule has 1 aliphatic rings. The van der Waals surface area contributed by atoms with Gasteiger partial charge in [0.2, 0.25) is 0 Å². The molecule has 1 unspecified atom stereocenters. The van der Waals surface area contributed by atoms with Crippen LogP contribution in [-0.2, 0) is 6.42 Å². The Hall–Kier alpha value is -1.02. The van der Waals surface area contributed by atoms with Gasteiger partial charge < -0.3 is 10.6 Å². The maximum Gasteiger partial charge on any atom is 0.0368 e. The molecule has 0 spiro atoms. The molecule has 2 rings (SSSR count). The van der Waals surface area contributed by atoms with Gasteiger partial charge in [0, 0.05) is 24.3 Å². The highest BCUT2D eigenvalue weighted by atomic mass is 15.2. The van der Waals surface area contributed by atoms with E-state index < -0.39 is 0 Å². The number of anilines is 1. The average Bonchev–Trinajstić information content (AvgIpc) is 2.85. The summed E-state index contributed by atoms with van der Waals surface area (Å²) < 4.78 is 0. The maximum absolute atomic E-state index is 5.84. The van der Waals surface area contributed by atoms with Crippen molar-refractivity contribution in [1.29, 1.82) is 0 Å². The summed E-state index contributed by atoms with van der Waals surface area (Å²) in [6.45, 7) is 5.43. The van der Waals surface area contributed by atoms with E-state index in [1.807, 2.05) is 0 Å². The summed E-state index contributed by atoms with van der Waals surface area (Å²) in [5.74, 6) is 0. The van der Waals surface area contributed by atoms with Crippen LogP contribution < -0.4 is 10.6 Å². The molecular weight excluding hydrogens is 220 g/mol. The van der Waals surface area contributed by atoms with Crippen LogP contribution in [-0.4, -0.2) is 18.6 Å². The van der Waals surface area contributed by atoms with Gasteiger partial charge in [-0.1, -0.05) is 25.0 Å². The average molecular weight is 246 g/mol. The smallest absolute Gasteiger partial charge is 0.0368 e. The minimum absolute atomic E-state index is 0.243. The highest BCUT2D eigenvalue weighted by Gasteiger charge is 2.21. The Morgan fingerprint density at radius 1 is 1.22 bits per heavy atom. The summed E-state index contributed by atoms with van der Waals surface area (Å²) in [5, 5.41) is 0. The van der Waals surface area contributed by atoms with Crippen LogP contribution in [0.5, 0.6) is 0 Å². The van der Waals surface area contributed by atoms with Gasteiger partial charge in [-0.2, -0.15) is 0 Å². The lowest BCUT2D eigenvalue weighted by Gasteiger charge is -2.30. The predicted octanol–water partition coefficient (Wildman–Crippen LogP) is 3.35. The molecule has 0 amide bonds. The molecule has 100 valence electrons. The summed E-state index contributed by atoms with van der Waals surface area (Å²) in [6.07, 6.45) is 6.47. The second-order valence-electron chi connectivity index (χ2n) is 5.57. The quantitative estimate of drug-likeness (QED) is 0.863. The van der Waals surface area contributed by atoms with E-state index in [-0.39, 0.29) is 6.04 Å². The number of rotatable bonds is 5. The summed E-state index contributed by atoms with van der Waals surface area (Å²) in [4.78, 5) is 2.56. The van der Waals surface area contributed by atoms with Crippen LogP contribution in [0.4, 0.5) is 5.69 Å². The molecule has 0 saturated heterocycles. The minimum Gasteiger partial charge on any atom is -0.369 e. The highest BCUT2D eigenvalue weighted by Crippen LogP contribution is 2.28. The standard InChI is InChI=1S/C16H26N2/c1-3-18(15-6-4-5-7-15)16-10-8-14(9-11-16)12-13(2)17/h8-11,13,15H,3-7,12,17H2,1-2H3. The second-order valence-corrected chi connectivity index (χ2v) is 5.57. The predicted molar refractivity (Wildman–Crippen MR) is 79.1 cm³/mol. The molecule has 1 aromatic rings. The third kappa shape index (κ3) is 3.26. The first kappa shape index (κ1) is 13.4. The molecule has 1 aliphatic carbocycles. The SMILES string of the molecule is CCN(c1ccc(CC(C)N)cc1)C1CCCC1. The van der Waals surface area contributed by atoms with Gasteiger partial charge >= 0.3 is 0 Å². The first-order valence-corrected chi connectivity index (χ1v) is 7.32. The fraction of sp³-hybridized carbons (Fsp3) is 0.625. The fourth-order valence-electron chi connectivity index (χ4n) is 3.06. The third-order valence-electron chi connectivity index (χ3n) is 3.93. The molecule has 2 heteroatoms. The van der Waals surface area contributed by atoms with Gasteiger partial charge in [-0.15, -0.1) is 0 Å². The largest absolute Gasteiger partial charge is 0.369 e. The monoisotopic (exact) mass is 246 g/mol. The second kappa shape index (κ2) is 6.24. The minimum atomic E-state index is 0.243. The van der Waals surface area contributed by atoms with E-state index in [2.05, 4.69) is 43.0 Å². The van der Waals surface area contributed by atoms with E-state index in [4.69, 9.17) is 5.73 Å². The van der Waals surface area contributed by atoms with Crippen LogP contribution in [0.2, 0.25) is 0 Å². The van der Waals surface area contributed by atoms with E-state index in [1.165, 1.54) is 36.9 Å². The molecule has 0 heterocycles. The van der Waals surface area contributed by atoms with Crippen molar-refractivity contribution in [2.24, 2.45) is 5.73 Å². The topological polar surface area (TPSA) is 29.3 Å². The molecule has 0 aromatic heterocycles. The van der Waals surface area contributed by atoms with E-state index in [0.717, 1.165) is 19.0 Å². The van der Waals surface area contributed by atoms with Crippen LogP contribution in [0.3, 0.4) is 0 Å². The molecule has 2 N–H and O–H groups in total. The molecule has 1 fully saturated rings. The maximum atomic E-state index is 5.84. The lowest BCUT2D eigenvalue weighted by atomic mass is 10.1. The van der Waals surface area contributed by atoms with E-state index in [1.54, 1.807) is 0 Å². The lowest BCUT2D eigenvalue weighted by Crippen LogP contribution is -2.32. The van der Waals surface area contributed by atoms with Crippen molar-refractivity contribution in [2.45, 2.75) is 58.0 Å². The normalized spacial score (nSPS) is 17.9. The number of nitrogens with two attached hydrogens (primary N) is 1.